The van der Waals surface area contributed by atoms with Crippen LogP contribution in [0.1, 0.15) is 30.4 Å². The summed E-state index contributed by atoms with van der Waals surface area (Å²) in [7, 11) is 1.54. The summed E-state index contributed by atoms with van der Waals surface area (Å²) in [5, 5.41) is 9.99. The van der Waals surface area contributed by atoms with Gasteiger partial charge in [0.2, 0.25) is 5.91 Å². The Morgan fingerprint density at radius 3 is 2.85 bits per heavy atom. The van der Waals surface area contributed by atoms with Crippen molar-refractivity contribution in [1.29, 1.82) is 0 Å². The largest absolute Gasteiger partial charge is 0.497 e. The predicted molar refractivity (Wildman–Crippen MR) is 94.5 cm³/mol. The number of carbonyl (C=O) groups is 2. The number of nitrogens with zero attached hydrogens (tertiary/aromatic N) is 1. The van der Waals surface area contributed by atoms with Gasteiger partial charge in [-0.15, -0.1) is 0 Å². The fourth-order valence-corrected chi connectivity index (χ4v) is 3.49. The molecule has 26 heavy (non-hydrogen) atoms. The van der Waals surface area contributed by atoms with Crippen molar-refractivity contribution in [3.05, 3.63) is 39.7 Å². The number of benzene rings is 1. The van der Waals surface area contributed by atoms with Crippen LogP contribution in [0.3, 0.4) is 0 Å². The van der Waals surface area contributed by atoms with E-state index in [0.29, 0.717) is 36.3 Å². The van der Waals surface area contributed by atoms with Crippen LogP contribution < -0.4 is 10.4 Å². The topological polar surface area (TPSA) is 97.0 Å². The minimum absolute atomic E-state index is 0.0804. The van der Waals surface area contributed by atoms with Gasteiger partial charge in [0.15, 0.2) is 0 Å². The van der Waals surface area contributed by atoms with Gasteiger partial charge in [-0.25, -0.2) is 9.59 Å². The molecule has 1 amide bonds. The highest BCUT2D eigenvalue weighted by Gasteiger charge is 2.33. The van der Waals surface area contributed by atoms with Gasteiger partial charge in [-0.2, -0.15) is 0 Å². The maximum Gasteiger partial charge on any atom is 0.339 e. The van der Waals surface area contributed by atoms with Gasteiger partial charge in [0.1, 0.15) is 17.4 Å². The summed E-state index contributed by atoms with van der Waals surface area (Å²) in [5.74, 6) is -0.633. The van der Waals surface area contributed by atoms with Crippen LogP contribution in [0.5, 0.6) is 5.75 Å². The third kappa shape index (κ3) is 3.29. The van der Waals surface area contributed by atoms with Crippen molar-refractivity contribution in [2.75, 3.05) is 13.7 Å². The highest BCUT2D eigenvalue weighted by Crippen LogP contribution is 2.25. The summed E-state index contributed by atoms with van der Waals surface area (Å²) < 4.78 is 10.5. The highest BCUT2D eigenvalue weighted by atomic mass is 16.5. The quantitative estimate of drug-likeness (QED) is 0.822. The van der Waals surface area contributed by atoms with Gasteiger partial charge < -0.3 is 19.2 Å². The molecule has 1 aliphatic heterocycles. The minimum atomic E-state index is -0.980. The average molecular weight is 359 g/mol. The van der Waals surface area contributed by atoms with Crippen LogP contribution in [0.25, 0.3) is 11.0 Å². The summed E-state index contributed by atoms with van der Waals surface area (Å²) in [5.41, 5.74) is 1.17. The van der Waals surface area contributed by atoms with E-state index in [1.54, 1.807) is 12.1 Å². The molecule has 1 fully saturated rings. The summed E-state index contributed by atoms with van der Waals surface area (Å²) in [6.45, 7) is 2.27. The average Bonchev–Trinajstić information content (AvgIpc) is 3.11. The molecule has 0 unspecified atom stereocenters. The Labute approximate surface area is 150 Å². The van der Waals surface area contributed by atoms with Crippen molar-refractivity contribution in [2.24, 2.45) is 0 Å². The molecular formula is C19H21NO6. The standard InChI is InChI=1S/C19H21NO6/c1-11-13-6-5-12(25-2)10-16(13)26-19(24)14(11)7-8-17(21)20-9-3-4-15(20)18(22)23/h5-6,10,15H,3-4,7-9H2,1-2H3,(H,22,23)/t15-/m0/s1. The van der Waals surface area contributed by atoms with Crippen molar-refractivity contribution >= 4 is 22.8 Å². The zero-order chi connectivity index (χ0) is 18.8. The zero-order valence-corrected chi connectivity index (χ0v) is 14.8. The third-order valence-electron chi connectivity index (χ3n) is 4.94. The molecular weight excluding hydrogens is 338 g/mol. The fraction of sp³-hybridized carbons (Fsp3) is 0.421. The SMILES string of the molecule is COc1ccc2c(C)c(CCC(=O)N3CCC[C@H]3C(=O)O)c(=O)oc2c1. The van der Waals surface area contributed by atoms with Crippen molar-refractivity contribution in [3.63, 3.8) is 0 Å². The first kappa shape index (κ1) is 18.0. The molecule has 1 N–H and O–H groups in total. The van der Waals surface area contributed by atoms with Crippen molar-refractivity contribution in [1.82, 2.24) is 4.90 Å². The number of likely N-dealkylation sites (tertiary alicyclic amines) is 1. The van der Waals surface area contributed by atoms with E-state index in [1.807, 2.05) is 13.0 Å². The number of carbonyl (C=O) groups excluding carboxylic acids is 1. The third-order valence-corrected chi connectivity index (χ3v) is 4.94. The van der Waals surface area contributed by atoms with Gasteiger partial charge in [0.05, 0.1) is 7.11 Å². The Hall–Kier alpha value is -2.83. The molecule has 1 aromatic carbocycles. The lowest BCUT2D eigenvalue weighted by Crippen LogP contribution is -2.40. The molecule has 2 aromatic rings. The van der Waals surface area contributed by atoms with E-state index >= 15 is 0 Å². The molecule has 0 aliphatic carbocycles. The monoisotopic (exact) mass is 359 g/mol. The number of amides is 1. The number of carboxylic acids is 1. The van der Waals surface area contributed by atoms with E-state index in [9.17, 15) is 19.5 Å². The van der Waals surface area contributed by atoms with Gasteiger partial charge in [-0.1, -0.05) is 0 Å². The fourth-order valence-electron chi connectivity index (χ4n) is 3.49. The second-order valence-electron chi connectivity index (χ2n) is 6.44. The molecule has 0 spiro atoms. The molecule has 1 atom stereocenters. The van der Waals surface area contributed by atoms with Gasteiger partial charge in [-0.3, -0.25) is 4.79 Å². The number of ether oxygens (including phenoxy) is 1. The number of methoxy groups -OCH3 is 1. The van der Waals surface area contributed by atoms with E-state index in [-0.39, 0.29) is 18.7 Å². The van der Waals surface area contributed by atoms with Crippen LogP contribution in [0.4, 0.5) is 0 Å². The maximum absolute atomic E-state index is 12.4. The van der Waals surface area contributed by atoms with E-state index in [0.717, 1.165) is 10.9 Å². The van der Waals surface area contributed by atoms with Crippen molar-refractivity contribution < 1.29 is 23.8 Å². The van der Waals surface area contributed by atoms with E-state index < -0.39 is 17.6 Å². The Balaban J connectivity index is 1.82. The second kappa shape index (κ2) is 7.19. The number of aliphatic carboxylic acids is 1. The summed E-state index contributed by atoms with van der Waals surface area (Å²) in [6.07, 6.45) is 1.45. The smallest absolute Gasteiger partial charge is 0.339 e. The first-order valence-electron chi connectivity index (χ1n) is 8.55. The number of aryl methyl sites for hydroxylation is 1. The lowest BCUT2D eigenvalue weighted by atomic mass is 10.0. The number of fused-ring (bicyclic) bond motifs is 1. The molecule has 138 valence electrons. The molecule has 7 heteroatoms. The van der Waals surface area contributed by atoms with Gasteiger partial charge in [0, 0.05) is 30.0 Å². The summed E-state index contributed by atoms with van der Waals surface area (Å²) in [4.78, 5) is 37.4. The molecule has 3 rings (SSSR count). The van der Waals surface area contributed by atoms with Crippen LogP contribution in [-0.2, 0) is 16.0 Å². The molecule has 1 aromatic heterocycles. The molecule has 1 aliphatic rings. The lowest BCUT2D eigenvalue weighted by Gasteiger charge is -2.21. The molecule has 0 saturated carbocycles. The van der Waals surface area contributed by atoms with Crippen molar-refractivity contribution in [2.45, 2.75) is 38.6 Å². The first-order valence-corrected chi connectivity index (χ1v) is 8.55. The van der Waals surface area contributed by atoms with Crippen molar-refractivity contribution in [3.8, 4) is 5.75 Å². The van der Waals surface area contributed by atoms with Crippen LogP contribution in [-0.4, -0.2) is 41.6 Å². The van der Waals surface area contributed by atoms with Gasteiger partial charge in [0.25, 0.3) is 0 Å². The molecule has 0 radical (unpaired) electrons. The van der Waals surface area contributed by atoms with Gasteiger partial charge in [-0.05, 0) is 43.9 Å². The Morgan fingerprint density at radius 2 is 2.15 bits per heavy atom. The molecule has 0 bridgehead atoms. The Kier molecular flexibility index (Phi) is 4.97. The highest BCUT2D eigenvalue weighted by molar-refractivity contribution is 5.85. The van der Waals surface area contributed by atoms with E-state index in [1.165, 1.54) is 12.0 Å². The summed E-state index contributed by atoms with van der Waals surface area (Å²) in [6, 6.07) is 4.49. The summed E-state index contributed by atoms with van der Waals surface area (Å²) >= 11 is 0. The molecule has 7 nitrogen and oxygen atoms in total. The first-order chi connectivity index (χ1) is 12.4. The second-order valence-corrected chi connectivity index (χ2v) is 6.44. The molecule has 1 saturated heterocycles. The zero-order valence-electron chi connectivity index (χ0n) is 14.8. The van der Waals surface area contributed by atoms with Crippen LogP contribution >= 0.6 is 0 Å². The normalized spacial score (nSPS) is 16.8. The van der Waals surface area contributed by atoms with Crippen LogP contribution in [0.2, 0.25) is 0 Å². The number of hydrogen-bond donors (Lipinski definition) is 1. The van der Waals surface area contributed by atoms with E-state index in [4.69, 9.17) is 9.15 Å². The predicted octanol–water partition coefficient (Wildman–Crippen LogP) is 2.12. The molecule has 2 heterocycles. The van der Waals surface area contributed by atoms with Crippen LogP contribution in [0, 0.1) is 6.92 Å². The Morgan fingerprint density at radius 1 is 1.38 bits per heavy atom. The van der Waals surface area contributed by atoms with Gasteiger partial charge >= 0.3 is 11.6 Å². The maximum atomic E-state index is 12.4. The Bertz CT molecular complexity index is 916. The minimum Gasteiger partial charge on any atom is -0.497 e. The number of hydrogen-bond acceptors (Lipinski definition) is 5. The number of rotatable bonds is 5. The number of carboxylic acid groups (broad SMARTS) is 1. The van der Waals surface area contributed by atoms with Crippen LogP contribution in [0.15, 0.2) is 27.4 Å². The lowest BCUT2D eigenvalue weighted by molar-refractivity contribution is -0.148. The van der Waals surface area contributed by atoms with E-state index in [2.05, 4.69) is 0 Å².